The summed E-state index contributed by atoms with van der Waals surface area (Å²) in [6.45, 7) is 0. The normalized spacial score (nSPS) is 11.3. The first-order chi connectivity index (χ1) is 11.2. The third kappa shape index (κ3) is 2.42. The molecule has 23 heavy (non-hydrogen) atoms. The number of hydrogen-bond acceptors (Lipinski definition) is 4. The van der Waals surface area contributed by atoms with Crippen LogP contribution in [-0.2, 0) is 4.74 Å². The second-order valence-corrected chi connectivity index (χ2v) is 5.14. The molecule has 5 nitrogen and oxygen atoms in total. The summed E-state index contributed by atoms with van der Waals surface area (Å²) >= 11 is 0. The maximum Gasteiger partial charge on any atom is 0.506 e. The van der Waals surface area contributed by atoms with Gasteiger partial charge in [0.15, 0.2) is 11.5 Å². The van der Waals surface area contributed by atoms with Gasteiger partial charge in [0.1, 0.15) is 11.2 Å². The zero-order valence-corrected chi connectivity index (χ0v) is 11.9. The van der Waals surface area contributed by atoms with Crippen molar-refractivity contribution >= 4 is 28.1 Å². The van der Waals surface area contributed by atoms with E-state index < -0.39 is 12.3 Å². The number of hydrogen-bond donors (Lipinski definition) is 1. The van der Waals surface area contributed by atoms with Gasteiger partial charge in [-0.2, -0.15) is 0 Å². The summed E-state index contributed by atoms with van der Waals surface area (Å²) in [6, 6.07) is 18.4. The Hall–Kier alpha value is -3.21. The third-order valence-electron chi connectivity index (χ3n) is 3.62. The molecular formula is C18H12O5. The van der Waals surface area contributed by atoms with E-state index in [1.54, 1.807) is 12.1 Å². The average Bonchev–Trinajstić information content (AvgIpc) is 3.15. The van der Waals surface area contributed by atoms with Crippen LogP contribution in [0.25, 0.3) is 21.9 Å². The first kappa shape index (κ1) is 13.5. The summed E-state index contributed by atoms with van der Waals surface area (Å²) in [5.74, 6) is 0.764. The van der Waals surface area contributed by atoms with E-state index in [2.05, 4.69) is 0 Å². The molecule has 0 spiro atoms. The van der Waals surface area contributed by atoms with E-state index in [1.165, 1.54) is 0 Å². The van der Waals surface area contributed by atoms with Crippen LogP contribution in [0.3, 0.4) is 0 Å². The van der Waals surface area contributed by atoms with Crippen molar-refractivity contribution in [1.82, 2.24) is 0 Å². The minimum Gasteiger partial charge on any atom is -0.457 e. The summed E-state index contributed by atoms with van der Waals surface area (Å²) < 4.78 is 16.5. The highest BCUT2D eigenvalue weighted by molar-refractivity contribution is 5.79. The molecule has 0 aliphatic carbocycles. The summed E-state index contributed by atoms with van der Waals surface area (Å²) in [5.41, 5.74) is 1.33. The number of carbonyl (C=O) groups is 1. The lowest BCUT2D eigenvalue weighted by Crippen LogP contribution is -2.09. The fraction of sp³-hybridized carbons (Fsp3) is 0.0556. The lowest BCUT2D eigenvalue weighted by atomic mass is 10.1. The maximum absolute atomic E-state index is 11.1. The largest absolute Gasteiger partial charge is 0.506 e. The van der Waals surface area contributed by atoms with Crippen molar-refractivity contribution in [3.63, 3.8) is 0 Å². The van der Waals surface area contributed by atoms with E-state index in [9.17, 15) is 4.79 Å². The van der Waals surface area contributed by atoms with Crippen molar-refractivity contribution in [2.45, 2.75) is 6.10 Å². The highest BCUT2D eigenvalue weighted by Crippen LogP contribution is 2.34. The van der Waals surface area contributed by atoms with Crippen molar-refractivity contribution in [2.24, 2.45) is 0 Å². The van der Waals surface area contributed by atoms with Crippen molar-refractivity contribution in [3.05, 3.63) is 72.2 Å². The van der Waals surface area contributed by atoms with Crippen LogP contribution in [0.1, 0.15) is 17.6 Å². The van der Waals surface area contributed by atoms with Crippen molar-refractivity contribution in [1.29, 1.82) is 0 Å². The highest BCUT2D eigenvalue weighted by Gasteiger charge is 2.26. The zero-order valence-electron chi connectivity index (χ0n) is 11.9. The van der Waals surface area contributed by atoms with Crippen LogP contribution in [0.5, 0.6) is 0 Å². The lowest BCUT2D eigenvalue weighted by Gasteiger charge is -2.10. The van der Waals surface area contributed by atoms with Gasteiger partial charge in [-0.25, -0.2) is 4.79 Å². The van der Waals surface area contributed by atoms with E-state index in [4.69, 9.17) is 18.7 Å². The van der Waals surface area contributed by atoms with Crippen LogP contribution in [0.4, 0.5) is 4.79 Å². The molecule has 4 aromatic rings. The first-order valence-corrected chi connectivity index (χ1v) is 7.07. The molecule has 0 bridgehead atoms. The fourth-order valence-electron chi connectivity index (χ4n) is 2.62. The number of para-hydroxylation sites is 2. The molecular weight excluding hydrogens is 296 g/mol. The minimum absolute atomic E-state index is 0.382. The maximum atomic E-state index is 11.1. The number of carboxylic acid groups (broad SMARTS) is 1. The van der Waals surface area contributed by atoms with Crippen molar-refractivity contribution in [3.8, 4) is 0 Å². The molecule has 114 valence electrons. The molecule has 2 aromatic carbocycles. The molecule has 0 aliphatic rings. The summed E-state index contributed by atoms with van der Waals surface area (Å²) in [5, 5.41) is 10.8. The fourth-order valence-corrected chi connectivity index (χ4v) is 2.62. The predicted molar refractivity (Wildman–Crippen MR) is 83.4 cm³/mol. The molecule has 0 amide bonds. The Bertz CT molecular complexity index is 855. The smallest absolute Gasteiger partial charge is 0.457 e. The van der Waals surface area contributed by atoms with Gasteiger partial charge in [-0.15, -0.1) is 0 Å². The quantitative estimate of drug-likeness (QED) is 0.541. The molecule has 2 heterocycles. The second kappa shape index (κ2) is 5.21. The molecule has 0 fully saturated rings. The van der Waals surface area contributed by atoms with Gasteiger partial charge in [0, 0.05) is 10.8 Å². The standard InChI is InChI=1S/C18H12O5/c19-18(20)23-17(15-9-11-5-1-3-7-13(11)21-15)16-10-12-6-2-4-8-14(12)22-16/h1-10,17H,(H,19,20). The molecule has 0 radical (unpaired) electrons. The van der Waals surface area contributed by atoms with Gasteiger partial charge < -0.3 is 18.7 Å². The van der Waals surface area contributed by atoms with Crippen LogP contribution in [0.15, 0.2) is 69.5 Å². The summed E-state index contributed by atoms with van der Waals surface area (Å²) in [4.78, 5) is 11.1. The Labute approximate surface area is 130 Å². The van der Waals surface area contributed by atoms with Crippen LogP contribution >= 0.6 is 0 Å². The summed E-state index contributed by atoms with van der Waals surface area (Å²) in [6.07, 6.45) is -2.34. The van der Waals surface area contributed by atoms with Gasteiger partial charge in [-0.1, -0.05) is 36.4 Å². The van der Waals surface area contributed by atoms with E-state index in [-0.39, 0.29) is 0 Å². The molecule has 1 N–H and O–H groups in total. The second-order valence-electron chi connectivity index (χ2n) is 5.14. The van der Waals surface area contributed by atoms with Crippen molar-refractivity contribution in [2.75, 3.05) is 0 Å². The molecule has 5 heteroatoms. The van der Waals surface area contributed by atoms with E-state index in [0.29, 0.717) is 22.7 Å². The average molecular weight is 308 g/mol. The molecule has 0 unspecified atom stereocenters. The van der Waals surface area contributed by atoms with E-state index in [0.717, 1.165) is 10.8 Å². The van der Waals surface area contributed by atoms with E-state index >= 15 is 0 Å². The molecule has 0 atom stereocenters. The number of ether oxygens (including phenoxy) is 1. The molecule has 2 aromatic heterocycles. The molecule has 0 saturated carbocycles. The SMILES string of the molecule is O=C(O)OC(c1cc2ccccc2o1)c1cc2ccccc2o1. The van der Waals surface area contributed by atoms with Gasteiger partial charge >= 0.3 is 6.16 Å². The summed E-state index contributed by atoms with van der Waals surface area (Å²) in [7, 11) is 0. The van der Waals surface area contributed by atoms with Crippen LogP contribution in [-0.4, -0.2) is 11.3 Å². The van der Waals surface area contributed by atoms with Crippen molar-refractivity contribution < 1.29 is 23.5 Å². The van der Waals surface area contributed by atoms with Crippen LogP contribution in [0.2, 0.25) is 0 Å². The Kier molecular flexibility index (Phi) is 3.05. The van der Waals surface area contributed by atoms with Gasteiger partial charge in [0.05, 0.1) is 0 Å². The first-order valence-electron chi connectivity index (χ1n) is 7.07. The monoisotopic (exact) mass is 308 g/mol. The van der Waals surface area contributed by atoms with E-state index in [1.807, 2.05) is 48.5 Å². The molecule has 0 saturated heterocycles. The van der Waals surface area contributed by atoms with Gasteiger partial charge in [-0.05, 0) is 24.3 Å². The number of rotatable bonds is 3. The van der Waals surface area contributed by atoms with Crippen LogP contribution in [0, 0.1) is 0 Å². The Balaban J connectivity index is 1.84. The Morgan fingerprint density at radius 2 is 1.35 bits per heavy atom. The van der Waals surface area contributed by atoms with Gasteiger partial charge in [0.2, 0.25) is 6.10 Å². The number of fused-ring (bicyclic) bond motifs is 2. The third-order valence-corrected chi connectivity index (χ3v) is 3.62. The number of furan rings is 2. The topological polar surface area (TPSA) is 72.8 Å². The van der Waals surface area contributed by atoms with Gasteiger partial charge in [-0.3, -0.25) is 0 Å². The highest BCUT2D eigenvalue weighted by atomic mass is 16.7. The van der Waals surface area contributed by atoms with Crippen LogP contribution < -0.4 is 0 Å². The lowest BCUT2D eigenvalue weighted by molar-refractivity contribution is 0.0510. The zero-order chi connectivity index (χ0) is 15.8. The number of benzene rings is 2. The predicted octanol–water partition coefficient (Wildman–Crippen LogP) is 4.96. The minimum atomic E-state index is -1.39. The Morgan fingerprint density at radius 3 is 1.78 bits per heavy atom. The Morgan fingerprint density at radius 1 is 0.870 bits per heavy atom. The molecule has 4 rings (SSSR count). The van der Waals surface area contributed by atoms with Gasteiger partial charge in [0.25, 0.3) is 0 Å². The molecule has 0 aliphatic heterocycles.